The van der Waals surface area contributed by atoms with Gasteiger partial charge in [0.15, 0.2) is 0 Å². The third-order valence-corrected chi connectivity index (χ3v) is 14.7. The third kappa shape index (κ3) is 25.0. The van der Waals surface area contributed by atoms with E-state index in [1.165, 1.54) is 89.9 Å². The van der Waals surface area contributed by atoms with E-state index in [4.69, 9.17) is 23.7 Å². The van der Waals surface area contributed by atoms with Gasteiger partial charge in [-0.3, -0.25) is 19.2 Å². The molecule has 4 heterocycles. The highest BCUT2D eigenvalue weighted by Gasteiger charge is 2.25. The van der Waals surface area contributed by atoms with E-state index in [0.717, 1.165) is 141 Å². The van der Waals surface area contributed by atoms with Gasteiger partial charge in [-0.1, -0.05) is 51.9 Å². The van der Waals surface area contributed by atoms with Gasteiger partial charge in [0.1, 0.15) is 6.61 Å². The molecule has 13 nitrogen and oxygen atoms in total. The van der Waals surface area contributed by atoms with Gasteiger partial charge < -0.3 is 43.3 Å². The SMILES string of the molecule is CCCCOC(=O)CCN1CCC(CCCC2CCN(CCC(=O)OCCCCCCOC(=O)CCN3CCC(CCCC4CCN(CCC(=O)OCCOC)CC4)CC3)CC2)CC1. The predicted octanol–water partition coefficient (Wildman–Crippen LogP) is 7.92. The van der Waals surface area contributed by atoms with Gasteiger partial charge in [-0.25, -0.2) is 0 Å². The Balaban J connectivity index is 0.863. The number of esters is 4. The van der Waals surface area contributed by atoms with Crippen molar-refractivity contribution in [3.8, 4) is 0 Å². The van der Waals surface area contributed by atoms with Crippen LogP contribution in [0.3, 0.4) is 0 Å². The van der Waals surface area contributed by atoms with Gasteiger partial charge in [-0.2, -0.15) is 0 Å². The lowest BCUT2D eigenvalue weighted by Gasteiger charge is -2.33. The summed E-state index contributed by atoms with van der Waals surface area (Å²) in [5.74, 6) is 2.90. The summed E-state index contributed by atoms with van der Waals surface area (Å²) in [5, 5.41) is 0. The zero-order valence-electron chi connectivity index (χ0n) is 40.8. The van der Waals surface area contributed by atoms with Crippen molar-refractivity contribution in [3.05, 3.63) is 0 Å². The van der Waals surface area contributed by atoms with E-state index in [1.807, 2.05) is 0 Å². The van der Waals surface area contributed by atoms with Gasteiger partial charge in [0, 0.05) is 33.3 Å². The zero-order chi connectivity index (χ0) is 45.5. The molecule has 0 aromatic rings. The first-order chi connectivity index (χ1) is 31.3. The van der Waals surface area contributed by atoms with Crippen LogP contribution in [-0.2, 0) is 42.9 Å². The van der Waals surface area contributed by atoms with Crippen LogP contribution >= 0.6 is 0 Å². The van der Waals surface area contributed by atoms with Crippen LogP contribution in [0.4, 0.5) is 0 Å². The Labute approximate surface area is 388 Å². The second-order valence-electron chi connectivity index (χ2n) is 19.6. The number of nitrogens with zero attached hydrogens (tertiary/aromatic N) is 4. The van der Waals surface area contributed by atoms with E-state index in [-0.39, 0.29) is 23.9 Å². The first kappa shape index (κ1) is 54.3. The Morgan fingerprint density at radius 2 is 0.656 bits per heavy atom. The summed E-state index contributed by atoms with van der Waals surface area (Å²) in [4.78, 5) is 58.3. The maximum absolute atomic E-state index is 12.4. The summed E-state index contributed by atoms with van der Waals surface area (Å²) in [6.07, 6.45) is 25.4. The Kier molecular flexibility index (Phi) is 28.9. The van der Waals surface area contributed by atoms with E-state index in [2.05, 4.69) is 26.5 Å². The van der Waals surface area contributed by atoms with Crippen molar-refractivity contribution < 1.29 is 42.9 Å². The summed E-state index contributed by atoms with van der Waals surface area (Å²) in [5.41, 5.74) is 0. The number of rotatable bonds is 33. The molecular weight excluding hydrogens is 813 g/mol. The molecule has 370 valence electrons. The van der Waals surface area contributed by atoms with Gasteiger partial charge in [-0.05, 0) is 160 Å². The van der Waals surface area contributed by atoms with Gasteiger partial charge in [0.05, 0.1) is 52.1 Å². The molecule has 0 radical (unpaired) electrons. The maximum atomic E-state index is 12.4. The number of likely N-dealkylation sites (tertiary alicyclic amines) is 4. The Hall–Kier alpha value is -2.32. The minimum atomic E-state index is -0.129. The Bertz CT molecular complexity index is 1150. The summed E-state index contributed by atoms with van der Waals surface area (Å²) in [6, 6.07) is 0. The van der Waals surface area contributed by atoms with Crippen LogP contribution in [0.2, 0.25) is 0 Å². The van der Waals surface area contributed by atoms with Crippen molar-refractivity contribution in [1.29, 1.82) is 0 Å². The highest BCUT2D eigenvalue weighted by molar-refractivity contribution is 5.70. The van der Waals surface area contributed by atoms with Crippen molar-refractivity contribution in [2.75, 3.05) is 119 Å². The lowest BCUT2D eigenvalue weighted by molar-refractivity contribution is -0.146. The lowest BCUT2D eigenvalue weighted by atomic mass is 9.87. The van der Waals surface area contributed by atoms with Crippen LogP contribution in [0.5, 0.6) is 0 Å². The molecule has 0 spiro atoms. The molecule has 13 heteroatoms. The van der Waals surface area contributed by atoms with Crippen LogP contribution in [0.25, 0.3) is 0 Å². The highest BCUT2D eigenvalue weighted by atomic mass is 16.6. The number of carbonyl (C=O) groups excluding carboxylic acids is 4. The summed E-state index contributed by atoms with van der Waals surface area (Å²) >= 11 is 0. The fourth-order valence-corrected chi connectivity index (χ4v) is 10.2. The molecule has 4 rings (SSSR count). The standard InChI is InChI=1S/C51H92N4O9/c1-3-4-39-61-48(56)23-35-52-27-15-44(16-28-52)11-9-12-45-17-29-53(30-18-45)36-24-49(57)62-40-7-5-6-8-41-63-50(58)25-37-54-31-19-46(20-32-54)13-10-14-47-21-33-55(34-22-47)38-26-51(59)64-43-42-60-2/h44-47H,3-43H2,1-2H3. The first-order valence-corrected chi connectivity index (χ1v) is 26.3. The maximum Gasteiger partial charge on any atom is 0.307 e. The number of hydrogen-bond donors (Lipinski definition) is 0. The van der Waals surface area contributed by atoms with Crippen LogP contribution in [0.1, 0.15) is 161 Å². The van der Waals surface area contributed by atoms with Gasteiger partial charge >= 0.3 is 23.9 Å². The number of piperidine rings is 4. The van der Waals surface area contributed by atoms with Crippen LogP contribution in [-0.4, -0.2) is 162 Å². The second kappa shape index (κ2) is 34.0. The van der Waals surface area contributed by atoms with E-state index in [0.29, 0.717) is 58.7 Å². The number of carbonyl (C=O) groups is 4. The van der Waals surface area contributed by atoms with Crippen molar-refractivity contribution in [2.24, 2.45) is 23.7 Å². The molecule has 0 aliphatic carbocycles. The van der Waals surface area contributed by atoms with Crippen LogP contribution in [0.15, 0.2) is 0 Å². The second-order valence-corrected chi connectivity index (χ2v) is 19.6. The molecule has 0 saturated carbocycles. The minimum Gasteiger partial charge on any atom is -0.466 e. The molecule has 0 aromatic carbocycles. The number of ether oxygens (including phenoxy) is 5. The van der Waals surface area contributed by atoms with Crippen LogP contribution < -0.4 is 0 Å². The van der Waals surface area contributed by atoms with Gasteiger partial charge in [0.2, 0.25) is 0 Å². The molecule has 4 aliphatic rings. The molecule has 0 N–H and O–H groups in total. The molecule has 0 bridgehead atoms. The van der Waals surface area contributed by atoms with Crippen molar-refractivity contribution in [2.45, 2.75) is 161 Å². The third-order valence-electron chi connectivity index (χ3n) is 14.7. The summed E-state index contributed by atoms with van der Waals surface area (Å²) in [7, 11) is 1.61. The highest BCUT2D eigenvalue weighted by Crippen LogP contribution is 2.29. The van der Waals surface area contributed by atoms with E-state index < -0.39 is 0 Å². The van der Waals surface area contributed by atoms with Gasteiger partial charge in [0.25, 0.3) is 0 Å². The van der Waals surface area contributed by atoms with E-state index in [9.17, 15) is 19.2 Å². The first-order valence-electron chi connectivity index (χ1n) is 26.3. The molecule has 4 aliphatic heterocycles. The molecular formula is C51H92N4O9. The number of methoxy groups -OCH3 is 1. The molecule has 0 unspecified atom stereocenters. The monoisotopic (exact) mass is 905 g/mol. The topological polar surface area (TPSA) is 127 Å². The van der Waals surface area contributed by atoms with Crippen molar-refractivity contribution in [1.82, 2.24) is 19.6 Å². The van der Waals surface area contributed by atoms with Crippen LogP contribution in [0, 0.1) is 23.7 Å². The minimum absolute atomic E-state index is 0.0495. The number of unbranched alkanes of at least 4 members (excludes halogenated alkanes) is 4. The largest absolute Gasteiger partial charge is 0.466 e. The van der Waals surface area contributed by atoms with E-state index >= 15 is 0 Å². The Morgan fingerprint density at radius 3 is 0.938 bits per heavy atom. The molecule has 4 saturated heterocycles. The van der Waals surface area contributed by atoms with Gasteiger partial charge in [-0.15, -0.1) is 0 Å². The smallest absolute Gasteiger partial charge is 0.307 e. The quantitative estimate of drug-likeness (QED) is 0.0360. The zero-order valence-corrected chi connectivity index (χ0v) is 40.8. The summed E-state index contributed by atoms with van der Waals surface area (Å²) in [6.45, 7) is 16.4. The van der Waals surface area contributed by atoms with Crippen molar-refractivity contribution >= 4 is 23.9 Å². The number of hydrogen-bond acceptors (Lipinski definition) is 13. The molecule has 64 heavy (non-hydrogen) atoms. The fraction of sp³-hybridized carbons (Fsp3) is 0.922. The predicted molar refractivity (Wildman–Crippen MR) is 252 cm³/mol. The molecule has 0 aromatic heterocycles. The Morgan fingerprint density at radius 1 is 0.375 bits per heavy atom. The summed E-state index contributed by atoms with van der Waals surface area (Å²) < 4.78 is 26.5. The molecule has 4 fully saturated rings. The van der Waals surface area contributed by atoms with Crippen molar-refractivity contribution in [3.63, 3.8) is 0 Å². The lowest BCUT2D eigenvalue weighted by Crippen LogP contribution is -2.36. The normalized spacial score (nSPS) is 19.5. The van der Waals surface area contributed by atoms with E-state index in [1.54, 1.807) is 7.11 Å². The fourth-order valence-electron chi connectivity index (χ4n) is 10.2. The molecule has 0 amide bonds. The molecule has 0 atom stereocenters. The average Bonchev–Trinajstić information content (AvgIpc) is 3.31. The average molecular weight is 905 g/mol.